The van der Waals surface area contributed by atoms with E-state index in [9.17, 15) is 13.7 Å². The molecule has 152 valence electrons. The first-order chi connectivity index (χ1) is 14.2. The highest BCUT2D eigenvalue weighted by atomic mass is 79.9. The van der Waals surface area contributed by atoms with Gasteiger partial charge in [0.1, 0.15) is 4.90 Å². The minimum absolute atomic E-state index is 0.0464. The van der Waals surface area contributed by atoms with E-state index < -0.39 is 10.1 Å². The van der Waals surface area contributed by atoms with Crippen molar-refractivity contribution < 1.29 is 12.6 Å². The molecule has 0 amide bonds. The summed E-state index contributed by atoms with van der Waals surface area (Å²) in [7, 11) is -4.13. The van der Waals surface area contributed by atoms with Crippen LogP contribution in [-0.4, -0.2) is 8.42 Å². The van der Waals surface area contributed by atoms with E-state index in [2.05, 4.69) is 37.9 Å². The highest BCUT2D eigenvalue weighted by Gasteiger charge is 2.21. The first kappa shape index (κ1) is 22.9. The molecular weight excluding hydrogens is 577 g/mol. The summed E-state index contributed by atoms with van der Waals surface area (Å²) in [5, 5.41) is 10.6. The molecule has 0 fully saturated rings. The van der Waals surface area contributed by atoms with Crippen molar-refractivity contribution in [3.63, 3.8) is 0 Å². The lowest BCUT2D eigenvalue weighted by Gasteiger charge is -2.13. The second-order valence-corrected chi connectivity index (χ2v) is 10.2. The Morgan fingerprint density at radius 3 is 2.10 bits per heavy atom. The van der Waals surface area contributed by atoms with Gasteiger partial charge in [-0.25, -0.2) is 0 Å². The lowest BCUT2D eigenvalue weighted by molar-refractivity contribution is 0.484. The highest BCUT2D eigenvalue weighted by Crippen LogP contribution is 2.37. The molecule has 9 heteroatoms. The molecule has 0 N–H and O–H groups in total. The van der Waals surface area contributed by atoms with Gasteiger partial charge in [-0.1, -0.05) is 51.3 Å². The van der Waals surface area contributed by atoms with Gasteiger partial charge in [0, 0.05) is 20.1 Å². The molecule has 0 spiro atoms. The van der Waals surface area contributed by atoms with Crippen LogP contribution in [0.2, 0.25) is 10.0 Å². The molecule has 0 unspecified atom stereocenters. The highest BCUT2D eigenvalue weighted by molar-refractivity contribution is 9.11. The lowest BCUT2D eigenvalue weighted by atomic mass is 10.0. The molecule has 0 aliphatic carbocycles. The Morgan fingerprint density at radius 2 is 1.53 bits per heavy atom. The van der Waals surface area contributed by atoms with E-state index in [1.807, 2.05) is 0 Å². The van der Waals surface area contributed by atoms with Crippen molar-refractivity contribution in [1.29, 1.82) is 5.26 Å². The third kappa shape index (κ3) is 5.45. The van der Waals surface area contributed by atoms with E-state index >= 15 is 0 Å². The smallest absolute Gasteiger partial charge is 0.339 e. The predicted octanol–water partition coefficient (Wildman–Crippen LogP) is 7.35. The van der Waals surface area contributed by atoms with Crippen molar-refractivity contribution in [2.24, 2.45) is 0 Å². The summed E-state index contributed by atoms with van der Waals surface area (Å²) in [5.41, 5.74) is 1.33. The largest absolute Gasteiger partial charge is 0.377 e. The second kappa shape index (κ2) is 9.54. The van der Waals surface area contributed by atoms with Gasteiger partial charge < -0.3 is 4.18 Å². The maximum absolute atomic E-state index is 12.8. The van der Waals surface area contributed by atoms with Crippen molar-refractivity contribution in [3.05, 3.63) is 90.8 Å². The third-order valence-electron chi connectivity index (χ3n) is 3.91. The van der Waals surface area contributed by atoms with E-state index in [0.29, 0.717) is 35.7 Å². The van der Waals surface area contributed by atoms with Gasteiger partial charge >= 0.3 is 10.1 Å². The zero-order valence-electron chi connectivity index (χ0n) is 14.9. The van der Waals surface area contributed by atoms with Crippen LogP contribution in [0.3, 0.4) is 0 Å². The molecule has 0 saturated carbocycles. The maximum atomic E-state index is 12.8. The Kier molecular flexibility index (Phi) is 7.27. The Hall–Kier alpha value is -1.82. The van der Waals surface area contributed by atoms with Gasteiger partial charge in [-0.2, -0.15) is 13.7 Å². The fourth-order valence-corrected chi connectivity index (χ4v) is 5.17. The quantitative estimate of drug-likeness (QED) is 0.178. The summed E-state index contributed by atoms with van der Waals surface area (Å²) in [6.07, 6.45) is 1.55. The van der Waals surface area contributed by atoms with Crippen molar-refractivity contribution in [3.8, 4) is 11.8 Å². The van der Waals surface area contributed by atoms with Crippen LogP contribution in [0.5, 0.6) is 5.75 Å². The van der Waals surface area contributed by atoms with Crippen molar-refractivity contribution in [2.75, 3.05) is 0 Å². The van der Waals surface area contributed by atoms with Crippen molar-refractivity contribution >= 4 is 76.8 Å². The van der Waals surface area contributed by atoms with Gasteiger partial charge in [0.05, 0.1) is 16.1 Å². The topological polar surface area (TPSA) is 67.2 Å². The first-order valence-corrected chi connectivity index (χ1v) is 12.0. The molecule has 30 heavy (non-hydrogen) atoms. The third-order valence-corrected chi connectivity index (χ3v) is 6.69. The molecule has 0 saturated heterocycles. The Morgan fingerprint density at radius 1 is 0.967 bits per heavy atom. The first-order valence-electron chi connectivity index (χ1n) is 8.26. The number of hydrogen-bond donors (Lipinski definition) is 0. The Balaban J connectivity index is 2.09. The van der Waals surface area contributed by atoms with Gasteiger partial charge in [-0.05, 0) is 76.1 Å². The molecule has 3 aromatic rings. The molecule has 0 radical (unpaired) electrons. The molecule has 0 aromatic heterocycles. The van der Waals surface area contributed by atoms with Crippen LogP contribution < -0.4 is 4.18 Å². The molecule has 0 heterocycles. The van der Waals surface area contributed by atoms with Crippen LogP contribution in [0.1, 0.15) is 11.1 Å². The van der Waals surface area contributed by atoms with Crippen molar-refractivity contribution in [2.45, 2.75) is 4.90 Å². The van der Waals surface area contributed by atoms with Gasteiger partial charge in [-0.15, -0.1) is 0 Å². The lowest BCUT2D eigenvalue weighted by Crippen LogP contribution is -2.11. The summed E-state index contributed by atoms with van der Waals surface area (Å²) >= 11 is 18.5. The van der Waals surface area contributed by atoms with E-state index in [1.165, 1.54) is 24.3 Å². The molecule has 0 bridgehead atoms. The minimum Gasteiger partial charge on any atom is -0.377 e. The summed E-state index contributed by atoms with van der Waals surface area (Å²) < 4.78 is 32.0. The maximum Gasteiger partial charge on any atom is 0.339 e. The number of nitriles is 1. The normalized spacial score (nSPS) is 11.8. The van der Waals surface area contributed by atoms with Crippen LogP contribution in [-0.2, 0) is 10.1 Å². The van der Waals surface area contributed by atoms with Gasteiger partial charge in [0.15, 0.2) is 5.75 Å². The van der Waals surface area contributed by atoms with Gasteiger partial charge in [0.25, 0.3) is 0 Å². The molecule has 0 aliphatic heterocycles. The fourth-order valence-electron chi connectivity index (χ4n) is 2.50. The predicted molar refractivity (Wildman–Crippen MR) is 126 cm³/mol. The summed E-state index contributed by atoms with van der Waals surface area (Å²) in [6.45, 7) is 0. The number of nitrogens with zero attached hydrogens (tertiary/aromatic N) is 1. The average molecular weight is 588 g/mol. The molecule has 0 aliphatic rings. The SMILES string of the molecule is N#C/C(=C\c1cc(Br)cc(Br)c1OS(=O)(=O)c1ccc(Cl)cc1)c1ccc(Cl)cc1. The van der Waals surface area contributed by atoms with Crippen molar-refractivity contribution in [1.82, 2.24) is 0 Å². The van der Waals surface area contributed by atoms with E-state index in [-0.39, 0.29) is 10.6 Å². The molecule has 3 aromatic carbocycles. The zero-order chi connectivity index (χ0) is 21.9. The number of hydrogen-bond acceptors (Lipinski definition) is 4. The Labute approximate surface area is 201 Å². The van der Waals surface area contributed by atoms with Gasteiger partial charge in [0.2, 0.25) is 0 Å². The molecular formula is C21H11Br2Cl2NO3S. The van der Waals surface area contributed by atoms with E-state index in [0.717, 1.165) is 0 Å². The molecule has 0 atom stereocenters. The number of allylic oxidation sites excluding steroid dienone is 1. The summed E-state index contributed by atoms with van der Waals surface area (Å²) in [4.78, 5) is -0.0464. The van der Waals surface area contributed by atoms with Crippen LogP contribution in [0, 0.1) is 11.3 Å². The molecule has 4 nitrogen and oxygen atoms in total. The van der Waals surface area contributed by atoms with E-state index in [4.69, 9.17) is 27.4 Å². The van der Waals surface area contributed by atoms with Crippen LogP contribution in [0.25, 0.3) is 11.6 Å². The van der Waals surface area contributed by atoms with Crippen LogP contribution in [0.4, 0.5) is 0 Å². The van der Waals surface area contributed by atoms with Gasteiger partial charge in [-0.3, -0.25) is 0 Å². The molecule has 3 rings (SSSR count). The average Bonchev–Trinajstić information content (AvgIpc) is 2.69. The summed E-state index contributed by atoms with van der Waals surface area (Å²) in [6, 6.07) is 17.8. The summed E-state index contributed by atoms with van der Waals surface area (Å²) in [5.74, 6) is 0.0508. The number of benzene rings is 3. The Bertz CT molecular complexity index is 1270. The zero-order valence-corrected chi connectivity index (χ0v) is 20.4. The second-order valence-electron chi connectivity index (χ2n) is 5.97. The fraction of sp³-hybridized carbons (Fsp3) is 0. The minimum atomic E-state index is -4.13. The van der Waals surface area contributed by atoms with Crippen LogP contribution >= 0.6 is 55.1 Å². The van der Waals surface area contributed by atoms with Crippen LogP contribution in [0.15, 0.2) is 74.5 Å². The standard InChI is InChI=1S/C21H11Br2Cl2NO3S/c22-16-10-14(9-15(12-26)13-1-3-17(24)4-2-13)21(20(23)11-16)29-30(27,28)19-7-5-18(25)6-8-19/h1-11H/b15-9+. The van der Waals surface area contributed by atoms with E-state index in [1.54, 1.807) is 42.5 Å². The monoisotopic (exact) mass is 585 g/mol. The number of rotatable bonds is 5. The number of halogens is 4.